The second-order valence-corrected chi connectivity index (χ2v) is 6.04. The summed E-state index contributed by atoms with van der Waals surface area (Å²) in [5.74, 6) is 0.916. The predicted octanol–water partition coefficient (Wildman–Crippen LogP) is 2.08. The van der Waals surface area contributed by atoms with E-state index in [0.29, 0.717) is 0 Å². The molecule has 4 nitrogen and oxygen atoms in total. The van der Waals surface area contributed by atoms with Gasteiger partial charge in [0, 0.05) is 13.1 Å². The number of anilines is 1. The zero-order chi connectivity index (χ0) is 14.1. The molecule has 0 spiro atoms. The third-order valence-electron chi connectivity index (χ3n) is 4.32. The number of rotatable bonds is 2. The van der Waals surface area contributed by atoms with Gasteiger partial charge in [-0.1, -0.05) is 12.5 Å². The van der Waals surface area contributed by atoms with Crippen molar-refractivity contribution in [3.05, 3.63) is 23.8 Å². The maximum Gasteiger partial charge on any atom is 0.143 e. The van der Waals surface area contributed by atoms with Crippen LogP contribution in [-0.2, 0) is 0 Å². The van der Waals surface area contributed by atoms with E-state index in [-0.39, 0.29) is 12.1 Å². The van der Waals surface area contributed by atoms with Gasteiger partial charge in [-0.15, -0.1) is 0 Å². The quantitative estimate of drug-likeness (QED) is 0.868. The van der Waals surface area contributed by atoms with Crippen LogP contribution in [-0.4, -0.2) is 37.4 Å². The summed E-state index contributed by atoms with van der Waals surface area (Å²) in [5.41, 5.74) is 2.06. The zero-order valence-corrected chi connectivity index (χ0v) is 12.3. The topological polar surface area (TPSA) is 44.7 Å². The van der Waals surface area contributed by atoms with Crippen molar-refractivity contribution in [2.75, 3.05) is 25.0 Å². The number of nitrogens with zero attached hydrogens (tertiary/aromatic N) is 1. The first-order valence-electron chi connectivity index (χ1n) is 7.58. The number of nitrogens with one attached hydrogen (secondary N) is 1. The lowest BCUT2D eigenvalue weighted by Crippen LogP contribution is -2.39. The summed E-state index contributed by atoms with van der Waals surface area (Å²) in [6.07, 6.45) is 3.22. The summed E-state index contributed by atoms with van der Waals surface area (Å²) in [4.78, 5) is 2.20. The Hall–Kier alpha value is -1.26. The summed E-state index contributed by atoms with van der Waals surface area (Å²) in [6.45, 7) is 3.97. The van der Waals surface area contributed by atoms with E-state index in [1.165, 1.54) is 12.8 Å². The van der Waals surface area contributed by atoms with Gasteiger partial charge in [-0.2, -0.15) is 0 Å². The molecular formula is C16H24N2O2. The van der Waals surface area contributed by atoms with Gasteiger partial charge in [0.1, 0.15) is 11.9 Å². The third-order valence-corrected chi connectivity index (χ3v) is 4.32. The average molecular weight is 276 g/mol. The van der Waals surface area contributed by atoms with E-state index >= 15 is 0 Å². The first-order valence-corrected chi connectivity index (χ1v) is 7.58. The number of benzene rings is 1. The molecule has 3 atom stereocenters. The van der Waals surface area contributed by atoms with Gasteiger partial charge in [-0.05, 0) is 44.0 Å². The molecule has 3 rings (SSSR count). The highest BCUT2D eigenvalue weighted by Gasteiger charge is 2.26. The molecule has 0 radical (unpaired) electrons. The Morgan fingerprint density at radius 1 is 1.40 bits per heavy atom. The molecule has 1 saturated heterocycles. The van der Waals surface area contributed by atoms with Crippen LogP contribution in [0.4, 0.5) is 5.69 Å². The summed E-state index contributed by atoms with van der Waals surface area (Å²) < 4.78 is 5.84. The van der Waals surface area contributed by atoms with Gasteiger partial charge in [0.2, 0.25) is 0 Å². The highest BCUT2D eigenvalue weighted by atomic mass is 16.5. The summed E-state index contributed by atoms with van der Waals surface area (Å²) >= 11 is 0. The first kappa shape index (κ1) is 13.7. The van der Waals surface area contributed by atoms with Gasteiger partial charge in [0.05, 0.1) is 18.3 Å². The van der Waals surface area contributed by atoms with E-state index in [9.17, 15) is 5.11 Å². The van der Waals surface area contributed by atoms with Crippen LogP contribution in [0.5, 0.6) is 5.75 Å². The third kappa shape index (κ3) is 2.63. The minimum Gasteiger partial charge on any atom is -0.487 e. The number of likely N-dealkylation sites (N-methyl/N-ethyl adjacent to an activating group) is 1. The van der Waals surface area contributed by atoms with Gasteiger partial charge < -0.3 is 20.1 Å². The summed E-state index contributed by atoms with van der Waals surface area (Å²) in [5, 5.41) is 14.0. The molecule has 0 amide bonds. The Balaban J connectivity index is 1.82. The van der Waals surface area contributed by atoms with Crippen molar-refractivity contribution in [2.24, 2.45) is 0 Å². The van der Waals surface area contributed by atoms with Gasteiger partial charge in [-0.3, -0.25) is 0 Å². The number of aliphatic hydroxyl groups is 1. The van der Waals surface area contributed by atoms with E-state index in [1.54, 1.807) is 0 Å². The van der Waals surface area contributed by atoms with E-state index in [1.807, 2.05) is 12.1 Å². The molecule has 2 aliphatic rings. The summed E-state index contributed by atoms with van der Waals surface area (Å²) in [6, 6.07) is 6.23. The van der Waals surface area contributed by atoms with Gasteiger partial charge in [0.15, 0.2) is 0 Å². The van der Waals surface area contributed by atoms with Crippen molar-refractivity contribution in [1.82, 2.24) is 5.32 Å². The fourth-order valence-electron chi connectivity index (χ4n) is 3.23. The number of hydrogen-bond donors (Lipinski definition) is 2. The van der Waals surface area contributed by atoms with Crippen LogP contribution in [0.15, 0.2) is 18.2 Å². The Bertz CT molecular complexity index is 472. The molecule has 1 fully saturated rings. The van der Waals surface area contributed by atoms with E-state index < -0.39 is 6.10 Å². The lowest BCUT2D eigenvalue weighted by atomic mass is 9.94. The van der Waals surface area contributed by atoms with Crippen LogP contribution in [0.25, 0.3) is 0 Å². The lowest BCUT2D eigenvalue weighted by Gasteiger charge is -2.34. The van der Waals surface area contributed by atoms with Crippen LogP contribution >= 0.6 is 0 Å². The maximum absolute atomic E-state index is 10.6. The molecule has 0 bridgehead atoms. The van der Waals surface area contributed by atoms with Crippen LogP contribution in [0, 0.1) is 0 Å². The molecule has 3 unspecified atom stereocenters. The standard InChI is InChI=1S/C16H24N2O2/c1-11-10-18(2)14-9-12(6-7-15(14)20-11)16(19)13-5-3-4-8-17-13/h6-7,9,11,13,16-17,19H,3-5,8,10H2,1-2H3. The minimum absolute atomic E-state index is 0.176. The first-order chi connectivity index (χ1) is 9.65. The fourth-order valence-corrected chi connectivity index (χ4v) is 3.23. The largest absolute Gasteiger partial charge is 0.487 e. The van der Waals surface area contributed by atoms with E-state index in [0.717, 1.165) is 36.5 Å². The highest BCUT2D eigenvalue weighted by molar-refractivity contribution is 5.61. The molecule has 4 heteroatoms. The second-order valence-electron chi connectivity index (χ2n) is 6.04. The number of fused-ring (bicyclic) bond motifs is 1. The average Bonchev–Trinajstić information content (AvgIpc) is 2.47. The second kappa shape index (κ2) is 5.62. The molecule has 2 N–H and O–H groups in total. The van der Waals surface area contributed by atoms with Gasteiger partial charge in [-0.25, -0.2) is 0 Å². The normalized spacial score (nSPS) is 27.6. The Labute approximate surface area is 120 Å². The monoisotopic (exact) mass is 276 g/mol. The molecule has 20 heavy (non-hydrogen) atoms. The highest BCUT2D eigenvalue weighted by Crippen LogP contribution is 2.35. The number of aliphatic hydroxyl groups excluding tert-OH is 1. The SMILES string of the molecule is CC1CN(C)c2cc(C(O)C3CCCCN3)ccc2O1. The summed E-state index contributed by atoms with van der Waals surface area (Å²) in [7, 11) is 2.08. The van der Waals surface area contributed by atoms with Crippen molar-refractivity contribution in [1.29, 1.82) is 0 Å². The van der Waals surface area contributed by atoms with Crippen molar-refractivity contribution < 1.29 is 9.84 Å². The lowest BCUT2D eigenvalue weighted by molar-refractivity contribution is 0.113. The minimum atomic E-state index is -0.437. The van der Waals surface area contributed by atoms with E-state index in [4.69, 9.17) is 4.74 Å². The smallest absolute Gasteiger partial charge is 0.143 e. The maximum atomic E-state index is 10.6. The Morgan fingerprint density at radius 3 is 3.00 bits per heavy atom. The van der Waals surface area contributed by atoms with Crippen molar-refractivity contribution in [2.45, 2.75) is 44.4 Å². The predicted molar refractivity (Wildman–Crippen MR) is 80.4 cm³/mol. The molecule has 1 aromatic rings. The fraction of sp³-hybridized carbons (Fsp3) is 0.625. The molecule has 0 aliphatic carbocycles. The van der Waals surface area contributed by atoms with Crippen molar-refractivity contribution >= 4 is 5.69 Å². The number of ether oxygens (including phenoxy) is 1. The molecule has 2 aliphatic heterocycles. The Kier molecular flexibility index (Phi) is 3.85. The van der Waals surface area contributed by atoms with Crippen molar-refractivity contribution in [3.63, 3.8) is 0 Å². The molecule has 0 aromatic heterocycles. The van der Waals surface area contributed by atoms with Crippen LogP contribution in [0.2, 0.25) is 0 Å². The van der Waals surface area contributed by atoms with Gasteiger partial charge >= 0.3 is 0 Å². The van der Waals surface area contributed by atoms with E-state index in [2.05, 4.69) is 30.3 Å². The van der Waals surface area contributed by atoms with Crippen LogP contribution < -0.4 is 15.0 Å². The Morgan fingerprint density at radius 2 is 2.25 bits per heavy atom. The number of piperidine rings is 1. The molecule has 110 valence electrons. The molecule has 1 aromatic carbocycles. The van der Waals surface area contributed by atoms with Crippen LogP contribution in [0.1, 0.15) is 37.9 Å². The zero-order valence-electron chi connectivity index (χ0n) is 12.3. The van der Waals surface area contributed by atoms with Gasteiger partial charge in [0.25, 0.3) is 0 Å². The molecule has 0 saturated carbocycles. The number of hydrogen-bond acceptors (Lipinski definition) is 4. The molecule has 2 heterocycles. The van der Waals surface area contributed by atoms with Crippen molar-refractivity contribution in [3.8, 4) is 5.75 Å². The molecular weight excluding hydrogens is 252 g/mol. The van der Waals surface area contributed by atoms with Crippen LogP contribution in [0.3, 0.4) is 0 Å².